The fraction of sp³-hybridized carbons (Fsp3) is 0.500. The number of anilines is 1. The maximum Gasteiger partial charge on any atom is 0.416 e. The van der Waals surface area contributed by atoms with Gasteiger partial charge in [-0.1, -0.05) is 0 Å². The molecule has 1 fully saturated rings. The van der Waals surface area contributed by atoms with Crippen LogP contribution in [0.1, 0.15) is 24.0 Å². The molecule has 0 amide bonds. The Morgan fingerprint density at radius 1 is 1.12 bits per heavy atom. The maximum atomic E-state index is 13.7. The Morgan fingerprint density at radius 2 is 1.71 bits per heavy atom. The molecule has 1 aliphatic rings. The third kappa shape index (κ3) is 2.37. The molecule has 0 N–H and O–H groups in total. The van der Waals surface area contributed by atoms with Gasteiger partial charge in [-0.3, -0.25) is 0 Å². The highest BCUT2D eigenvalue weighted by molar-refractivity contribution is 5.53. The lowest BCUT2D eigenvalue weighted by Gasteiger charge is -2.20. The highest BCUT2D eigenvalue weighted by Crippen LogP contribution is 2.35. The van der Waals surface area contributed by atoms with Crippen molar-refractivity contribution in [3.05, 3.63) is 29.1 Å². The fourth-order valence-corrected chi connectivity index (χ4v) is 2.17. The number of hydrogen-bond donors (Lipinski definition) is 0. The summed E-state index contributed by atoms with van der Waals surface area (Å²) in [6, 6.07) is 1.90. The van der Waals surface area contributed by atoms with Gasteiger partial charge in [0.1, 0.15) is 5.82 Å². The minimum atomic E-state index is -4.49. The Morgan fingerprint density at radius 3 is 2.24 bits per heavy atom. The summed E-state index contributed by atoms with van der Waals surface area (Å²) in [6.07, 6.45) is -2.58. The Hall–Kier alpha value is -1.26. The number of alkyl halides is 3. The predicted molar refractivity (Wildman–Crippen MR) is 57.6 cm³/mol. The van der Waals surface area contributed by atoms with Gasteiger partial charge < -0.3 is 4.90 Å². The Labute approximate surface area is 97.0 Å². The van der Waals surface area contributed by atoms with E-state index >= 15 is 0 Å². The fourth-order valence-electron chi connectivity index (χ4n) is 2.17. The van der Waals surface area contributed by atoms with E-state index in [-0.39, 0.29) is 11.3 Å². The minimum Gasteiger partial charge on any atom is -0.369 e. The molecule has 5 heteroatoms. The van der Waals surface area contributed by atoms with Crippen LogP contribution in [0.2, 0.25) is 0 Å². The van der Waals surface area contributed by atoms with Crippen LogP contribution in [-0.4, -0.2) is 13.1 Å². The van der Waals surface area contributed by atoms with E-state index in [9.17, 15) is 17.6 Å². The highest BCUT2D eigenvalue weighted by atomic mass is 19.4. The zero-order chi connectivity index (χ0) is 12.6. The van der Waals surface area contributed by atoms with E-state index in [0.29, 0.717) is 19.2 Å². The maximum absolute atomic E-state index is 13.7. The number of nitrogens with zero attached hydrogens (tertiary/aromatic N) is 1. The van der Waals surface area contributed by atoms with Gasteiger partial charge in [0.2, 0.25) is 0 Å². The first kappa shape index (κ1) is 12.2. The van der Waals surface area contributed by atoms with E-state index in [0.717, 1.165) is 12.8 Å². The van der Waals surface area contributed by atoms with Gasteiger partial charge in [-0.15, -0.1) is 0 Å². The van der Waals surface area contributed by atoms with Gasteiger partial charge in [-0.05, 0) is 37.5 Å². The standard InChI is InChI=1S/C12H13F4N/c1-8-6-11(17-4-2-3-5-17)10(13)7-9(8)12(14,15)16/h6-7H,2-5H2,1H3. The van der Waals surface area contributed by atoms with Crippen molar-refractivity contribution in [3.8, 4) is 0 Å². The van der Waals surface area contributed by atoms with E-state index in [4.69, 9.17) is 0 Å². The van der Waals surface area contributed by atoms with Crippen molar-refractivity contribution in [2.24, 2.45) is 0 Å². The number of benzene rings is 1. The minimum absolute atomic E-state index is 0.0702. The first-order valence-electron chi connectivity index (χ1n) is 5.52. The van der Waals surface area contributed by atoms with Gasteiger partial charge in [-0.25, -0.2) is 4.39 Å². The zero-order valence-corrected chi connectivity index (χ0v) is 9.44. The average Bonchev–Trinajstić information content (AvgIpc) is 2.72. The van der Waals surface area contributed by atoms with Crippen LogP contribution in [0, 0.1) is 12.7 Å². The molecule has 1 aliphatic heterocycles. The molecular formula is C12H13F4N. The van der Waals surface area contributed by atoms with Gasteiger partial charge in [-0.2, -0.15) is 13.2 Å². The van der Waals surface area contributed by atoms with Crippen LogP contribution in [0.3, 0.4) is 0 Å². The van der Waals surface area contributed by atoms with E-state index in [2.05, 4.69) is 0 Å². The largest absolute Gasteiger partial charge is 0.416 e. The van der Waals surface area contributed by atoms with Crippen LogP contribution in [0.4, 0.5) is 23.2 Å². The third-order valence-corrected chi connectivity index (χ3v) is 3.05. The summed E-state index contributed by atoms with van der Waals surface area (Å²) >= 11 is 0. The lowest BCUT2D eigenvalue weighted by Crippen LogP contribution is -2.20. The number of aryl methyl sites for hydroxylation is 1. The molecule has 0 atom stereocenters. The summed E-state index contributed by atoms with van der Waals surface area (Å²) in [5.74, 6) is -0.787. The smallest absolute Gasteiger partial charge is 0.369 e. The Kier molecular flexibility index (Phi) is 3.02. The molecule has 0 aromatic heterocycles. The van der Waals surface area contributed by atoms with Gasteiger partial charge in [0, 0.05) is 13.1 Å². The molecule has 0 radical (unpaired) electrons. The molecule has 17 heavy (non-hydrogen) atoms. The topological polar surface area (TPSA) is 3.24 Å². The van der Waals surface area contributed by atoms with Crippen molar-refractivity contribution in [3.63, 3.8) is 0 Å². The summed E-state index contributed by atoms with van der Waals surface area (Å²) in [7, 11) is 0. The molecule has 0 bridgehead atoms. The lowest BCUT2D eigenvalue weighted by atomic mass is 10.1. The zero-order valence-electron chi connectivity index (χ0n) is 9.44. The summed E-state index contributed by atoms with van der Waals surface area (Å²) in [6.45, 7) is 2.78. The third-order valence-electron chi connectivity index (χ3n) is 3.05. The van der Waals surface area contributed by atoms with Crippen molar-refractivity contribution in [2.45, 2.75) is 25.9 Å². The van der Waals surface area contributed by atoms with Gasteiger partial charge in [0.25, 0.3) is 0 Å². The Balaban J connectivity index is 2.41. The van der Waals surface area contributed by atoms with Gasteiger partial charge in [0.15, 0.2) is 0 Å². The second kappa shape index (κ2) is 4.20. The van der Waals surface area contributed by atoms with Crippen molar-refractivity contribution in [1.82, 2.24) is 0 Å². The number of rotatable bonds is 1. The van der Waals surface area contributed by atoms with E-state index < -0.39 is 17.6 Å². The predicted octanol–water partition coefficient (Wildman–Crippen LogP) is 3.75. The molecular weight excluding hydrogens is 234 g/mol. The monoisotopic (exact) mass is 247 g/mol. The number of halogens is 4. The van der Waals surface area contributed by atoms with Gasteiger partial charge >= 0.3 is 6.18 Å². The SMILES string of the molecule is Cc1cc(N2CCCC2)c(F)cc1C(F)(F)F. The molecule has 1 saturated heterocycles. The molecule has 0 spiro atoms. The molecule has 1 aromatic carbocycles. The van der Waals surface area contributed by atoms with E-state index in [1.807, 2.05) is 0 Å². The Bertz CT molecular complexity index is 419. The summed E-state index contributed by atoms with van der Waals surface area (Å²) in [5.41, 5.74) is -0.535. The normalized spacial score (nSPS) is 16.6. The molecule has 2 rings (SSSR count). The van der Waals surface area contributed by atoms with E-state index in [1.54, 1.807) is 4.90 Å². The van der Waals surface area contributed by atoms with Crippen LogP contribution in [0.5, 0.6) is 0 Å². The van der Waals surface area contributed by atoms with Crippen LogP contribution < -0.4 is 4.90 Å². The molecule has 94 valence electrons. The molecule has 0 saturated carbocycles. The van der Waals surface area contributed by atoms with Crippen molar-refractivity contribution >= 4 is 5.69 Å². The second-order valence-electron chi connectivity index (χ2n) is 4.31. The van der Waals surface area contributed by atoms with Crippen molar-refractivity contribution < 1.29 is 17.6 Å². The average molecular weight is 247 g/mol. The van der Waals surface area contributed by atoms with Crippen LogP contribution >= 0.6 is 0 Å². The van der Waals surface area contributed by atoms with Gasteiger partial charge in [0.05, 0.1) is 11.3 Å². The summed E-state index contributed by atoms with van der Waals surface area (Å²) < 4.78 is 51.3. The van der Waals surface area contributed by atoms with E-state index in [1.165, 1.54) is 13.0 Å². The second-order valence-corrected chi connectivity index (χ2v) is 4.31. The number of hydrogen-bond acceptors (Lipinski definition) is 1. The summed E-state index contributed by atoms with van der Waals surface area (Å²) in [4.78, 5) is 1.79. The molecule has 0 unspecified atom stereocenters. The summed E-state index contributed by atoms with van der Waals surface area (Å²) in [5, 5.41) is 0. The lowest BCUT2D eigenvalue weighted by molar-refractivity contribution is -0.138. The quantitative estimate of drug-likeness (QED) is 0.683. The van der Waals surface area contributed by atoms with Crippen LogP contribution in [-0.2, 0) is 6.18 Å². The molecule has 1 nitrogen and oxygen atoms in total. The highest BCUT2D eigenvalue weighted by Gasteiger charge is 2.33. The molecule has 1 heterocycles. The van der Waals surface area contributed by atoms with Crippen LogP contribution in [0.15, 0.2) is 12.1 Å². The first-order valence-corrected chi connectivity index (χ1v) is 5.52. The van der Waals surface area contributed by atoms with Crippen molar-refractivity contribution in [2.75, 3.05) is 18.0 Å². The first-order chi connectivity index (χ1) is 7.89. The molecule has 1 aromatic rings. The van der Waals surface area contributed by atoms with Crippen molar-refractivity contribution in [1.29, 1.82) is 0 Å². The molecule has 0 aliphatic carbocycles. The van der Waals surface area contributed by atoms with Crippen LogP contribution in [0.25, 0.3) is 0 Å².